The van der Waals surface area contributed by atoms with Gasteiger partial charge >= 0.3 is 0 Å². The molecule has 0 amide bonds. The summed E-state index contributed by atoms with van der Waals surface area (Å²) in [6.45, 7) is 8.38. The van der Waals surface area contributed by atoms with Gasteiger partial charge in [0.15, 0.2) is 0 Å². The molecule has 0 rings (SSSR count). The summed E-state index contributed by atoms with van der Waals surface area (Å²) in [5, 5.41) is 0. The molecule has 0 aromatic heterocycles. The van der Waals surface area contributed by atoms with E-state index in [2.05, 4.69) is 24.7 Å². The molecule has 0 N–H and O–H groups in total. The molecule has 0 aliphatic carbocycles. The lowest BCUT2D eigenvalue weighted by Crippen LogP contribution is -2.31. The van der Waals surface area contributed by atoms with Crippen molar-refractivity contribution in [3.63, 3.8) is 0 Å². The predicted molar refractivity (Wildman–Crippen MR) is 41.2 cm³/mol. The Morgan fingerprint density at radius 3 is 2.00 bits per heavy atom. The van der Waals surface area contributed by atoms with Gasteiger partial charge in [0.05, 0.1) is 6.04 Å². The summed E-state index contributed by atoms with van der Waals surface area (Å²) in [7, 11) is 0. The van der Waals surface area contributed by atoms with Crippen LogP contribution in [0.5, 0.6) is 0 Å². The zero-order valence-electron chi connectivity index (χ0n) is 6.52. The Hall–Kier alpha value is -0.480. The molecule has 0 fully saturated rings. The van der Waals surface area contributed by atoms with Crippen LogP contribution >= 0.6 is 0 Å². The minimum Gasteiger partial charge on any atom is -0.291 e. The van der Waals surface area contributed by atoms with Crippen molar-refractivity contribution in [2.24, 2.45) is 0 Å². The number of terminal acetylenes is 1. The first kappa shape index (κ1) is 8.52. The normalized spacial score (nSPS) is 13.2. The summed E-state index contributed by atoms with van der Waals surface area (Å²) < 4.78 is 0. The first-order valence-electron chi connectivity index (χ1n) is 3.46. The van der Waals surface area contributed by atoms with Crippen LogP contribution in [0.4, 0.5) is 0 Å². The number of rotatable bonds is 3. The monoisotopic (exact) mass is 125 g/mol. The van der Waals surface area contributed by atoms with E-state index in [0.29, 0.717) is 6.04 Å². The first-order valence-corrected chi connectivity index (χ1v) is 3.46. The van der Waals surface area contributed by atoms with Gasteiger partial charge in [-0.15, -0.1) is 6.42 Å². The molecule has 0 aliphatic rings. The summed E-state index contributed by atoms with van der Waals surface area (Å²) in [5.74, 6) is 2.69. The van der Waals surface area contributed by atoms with E-state index in [1.807, 2.05) is 6.92 Å². The third-order valence-electron chi connectivity index (χ3n) is 1.60. The quantitative estimate of drug-likeness (QED) is 0.515. The molecule has 1 nitrogen and oxygen atoms in total. The van der Waals surface area contributed by atoms with E-state index in [1.165, 1.54) is 0 Å². The molecule has 9 heavy (non-hydrogen) atoms. The fraction of sp³-hybridized carbons (Fsp3) is 0.750. The Morgan fingerprint density at radius 1 is 1.44 bits per heavy atom. The summed E-state index contributed by atoms with van der Waals surface area (Å²) in [5.41, 5.74) is 0. The van der Waals surface area contributed by atoms with Crippen LogP contribution in [0.2, 0.25) is 0 Å². The minimum absolute atomic E-state index is 0.292. The summed E-state index contributed by atoms with van der Waals surface area (Å²) in [6, 6.07) is 0.292. The van der Waals surface area contributed by atoms with E-state index in [9.17, 15) is 0 Å². The Bertz CT molecular complexity index is 97.6. The fourth-order valence-electron chi connectivity index (χ4n) is 0.877. The van der Waals surface area contributed by atoms with Gasteiger partial charge in [-0.05, 0) is 20.0 Å². The smallest absolute Gasteiger partial charge is 0.0683 e. The van der Waals surface area contributed by atoms with Crippen molar-refractivity contribution in [2.75, 3.05) is 13.1 Å². The Kier molecular flexibility index (Phi) is 4.17. The molecule has 1 unspecified atom stereocenters. The zero-order chi connectivity index (χ0) is 7.28. The molecule has 0 radical (unpaired) electrons. The maximum absolute atomic E-state index is 5.23. The Balaban J connectivity index is 3.67. The van der Waals surface area contributed by atoms with Gasteiger partial charge in [0.25, 0.3) is 0 Å². The van der Waals surface area contributed by atoms with Gasteiger partial charge in [-0.3, -0.25) is 4.90 Å². The first-order chi connectivity index (χ1) is 4.26. The Labute approximate surface area is 58.1 Å². The number of hydrogen-bond donors (Lipinski definition) is 0. The third-order valence-corrected chi connectivity index (χ3v) is 1.60. The van der Waals surface area contributed by atoms with Crippen molar-refractivity contribution in [3.05, 3.63) is 0 Å². The molecule has 0 spiro atoms. The largest absolute Gasteiger partial charge is 0.291 e. The maximum atomic E-state index is 5.23. The molecule has 1 atom stereocenters. The molecular weight excluding hydrogens is 110 g/mol. The second kappa shape index (κ2) is 4.40. The van der Waals surface area contributed by atoms with Gasteiger partial charge in [0, 0.05) is 0 Å². The highest BCUT2D eigenvalue weighted by Crippen LogP contribution is 1.94. The minimum atomic E-state index is 0.292. The van der Waals surface area contributed by atoms with E-state index in [4.69, 9.17) is 6.42 Å². The van der Waals surface area contributed by atoms with Crippen LogP contribution in [-0.4, -0.2) is 24.0 Å². The zero-order valence-corrected chi connectivity index (χ0v) is 6.52. The molecule has 0 heterocycles. The molecule has 0 aromatic carbocycles. The number of nitrogens with zero attached hydrogens (tertiary/aromatic N) is 1. The van der Waals surface area contributed by atoms with Crippen LogP contribution < -0.4 is 0 Å². The van der Waals surface area contributed by atoms with Crippen molar-refractivity contribution >= 4 is 0 Å². The van der Waals surface area contributed by atoms with Crippen molar-refractivity contribution in [1.82, 2.24) is 4.90 Å². The van der Waals surface area contributed by atoms with Gasteiger partial charge in [-0.2, -0.15) is 0 Å². The second-order valence-electron chi connectivity index (χ2n) is 2.06. The topological polar surface area (TPSA) is 3.24 Å². The highest BCUT2D eigenvalue weighted by atomic mass is 15.1. The molecule has 0 bridgehead atoms. The highest BCUT2D eigenvalue weighted by molar-refractivity contribution is 4.96. The van der Waals surface area contributed by atoms with E-state index in [1.54, 1.807) is 0 Å². The lowest BCUT2D eigenvalue weighted by atomic mass is 10.3. The van der Waals surface area contributed by atoms with Crippen molar-refractivity contribution in [2.45, 2.75) is 26.8 Å². The summed E-state index contributed by atoms with van der Waals surface area (Å²) >= 11 is 0. The van der Waals surface area contributed by atoms with Crippen molar-refractivity contribution in [1.29, 1.82) is 0 Å². The van der Waals surface area contributed by atoms with Crippen LogP contribution in [0.25, 0.3) is 0 Å². The van der Waals surface area contributed by atoms with Gasteiger partial charge in [0.1, 0.15) is 0 Å². The SMILES string of the molecule is C#CC(C)N(CC)CC. The van der Waals surface area contributed by atoms with Crippen molar-refractivity contribution in [3.8, 4) is 12.3 Å². The van der Waals surface area contributed by atoms with E-state index >= 15 is 0 Å². The molecule has 1 heteroatoms. The van der Waals surface area contributed by atoms with Gasteiger partial charge in [-0.1, -0.05) is 19.8 Å². The van der Waals surface area contributed by atoms with E-state index < -0.39 is 0 Å². The lowest BCUT2D eigenvalue weighted by Gasteiger charge is -2.21. The average Bonchev–Trinajstić information content (AvgIpc) is 1.90. The standard InChI is InChI=1S/C8H15N/c1-5-8(4)9(6-2)7-3/h1,8H,6-7H2,2-4H3. The van der Waals surface area contributed by atoms with Crippen molar-refractivity contribution < 1.29 is 0 Å². The molecule has 0 aromatic rings. The van der Waals surface area contributed by atoms with Gasteiger partial charge < -0.3 is 0 Å². The number of hydrogen-bond acceptors (Lipinski definition) is 1. The van der Waals surface area contributed by atoms with Crippen LogP contribution in [0, 0.1) is 12.3 Å². The van der Waals surface area contributed by atoms with Gasteiger partial charge in [-0.25, -0.2) is 0 Å². The van der Waals surface area contributed by atoms with Gasteiger partial charge in [0.2, 0.25) is 0 Å². The molecular formula is C8H15N. The average molecular weight is 125 g/mol. The van der Waals surface area contributed by atoms with E-state index in [0.717, 1.165) is 13.1 Å². The summed E-state index contributed by atoms with van der Waals surface area (Å²) in [6.07, 6.45) is 5.23. The third kappa shape index (κ3) is 2.53. The lowest BCUT2D eigenvalue weighted by molar-refractivity contribution is 0.275. The maximum Gasteiger partial charge on any atom is 0.0683 e. The summed E-state index contributed by atoms with van der Waals surface area (Å²) in [4.78, 5) is 2.24. The predicted octanol–water partition coefficient (Wildman–Crippen LogP) is 1.35. The van der Waals surface area contributed by atoms with Crippen LogP contribution in [0.15, 0.2) is 0 Å². The highest BCUT2D eigenvalue weighted by Gasteiger charge is 2.03. The second-order valence-corrected chi connectivity index (χ2v) is 2.06. The van der Waals surface area contributed by atoms with Crippen LogP contribution in [0.1, 0.15) is 20.8 Å². The molecule has 0 saturated heterocycles. The van der Waals surface area contributed by atoms with E-state index in [-0.39, 0.29) is 0 Å². The van der Waals surface area contributed by atoms with Crippen LogP contribution in [-0.2, 0) is 0 Å². The van der Waals surface area contributed by atoms with Crippen LogP contribution in [0.3, 0.4) is 0 Å². The molecule has 0 aliphatic heterocycles. The Morgan fingerprint density at radius 2 is 1.89 bits per heavy atom. The molecule has 0 saturated carbocycles. The molecule has 52 valence electrons. The fourth-order valence-corrected chi connectivity index (χ4v) is 0.877.